The summed E-state index contributed by atoms with van der Waals surface area (Å²) < 4.78 is 0. The first kappa shape index (κ1) is 9.04. The summed E-state index contributed by atoms with van der Waals surface area (Å²) in [6.45, 7) is 3.71. The Morgan fingerprint density at radius 2 is 2.08 bits per heavy atom. The van der Waals surface area contributed by atoms with Crippen LogP contribution in [0.5, 0.6) is 0 Å². The molecule has 0 saturated carbocycles. The maximum atomic E-state index is 11.3. The van der Waals surface area contributed by atoms with Crippen LogP contribution in [0.25, 0.3) is 0 Å². The van der Waals surface area contributed by atoms with E-state index in [0.29, 0.717) is 6.04 Å². The SMILES string of the molecule is C/C=C(/C)C(=O)NC1CC=CC1. The lowest BCUT2D eigenvalue weighted by atomic mass is 10.2. The van der Waals surface area contributed by atoms with Gasteiger partial charge in [0.05, 0.1) is 0 Å². The van der Waals surface area contributed by atoms with Crippen LogP contribution < -0.4 is 5.32 Å². The van der Waals surface area contributed by atoms with Gasteiger partial charge in [-0.05, 0) is 26.7 Å². The molecule has 0 heterocycles. The lowest BCUT2D eigenvalue weighted by Gasteiger charge is -2.11. The molecular weight excluding hydrogens is 150 g/mol. The van der Waals surface area contributed by atoms with Crippen LogP contribution >= 0.6 is 0 Å². The Kier molecular flexibility index (Phi) is 3.09. The summed E-state index contributed by atoms with van der Waals surface area (Å²) in [4.78, 5) is 11.3. The molecule has 0 unspecified atom stereocenters. The first-order valence-electron chi connectivity index (χ1n) is 4.33. The number of nitrogens with one attached hydrogen (secondary N) is 1. The Bertz CT molecular complexity index is 220. The molecule has 0 aromatic carbocycles. The minimum atomic E-state index is 0.0613. The van der Waals surface area contributed by atoms with E-state index < -0.39 is 0 Å². The third kappa shape index (κ3) is 2.22. The fourth-order valence-corrected chi connectivity index (χ4v) is 1.17. The van der Waals surface area contributed by atoms with Crippen LogP contribution in [-0.2, 0) is 4.79 Å². The van der Waals surface area contributed by atoms with Crippen LogP contribution in [0.15, 0.2) is 23.8 Å². The first-order valence-corrected chi connectivity index (χ1v) is 4.33. The molecule has 2 nitrogen and oxygen atoms in total. The van der Waals surface area contributed by atoms with Crippen molar-refractivity contribution in [3.63, 3.8) is 0 Å². The summed E-state index contributed by atoms with van der Waals surface area (Å²) in [5, 5.41) is 2.96. The van der Waals surface area contributed by atoms with Crippen LogP contribution in [0, 0.1) is 0 Å². The number of carbonyl (C=O) groups is 1. The Morgan fingerprint density at radius 1 is 1.50 bits per heavy atom. The fraction of sp³-hybridized carbons (Fsp3) is 0.500. The average Bonchev–Trinajstić information content (AvgIpc) is 2.55. The summed E-state index contributed by atoms with van der Waals surface area (Å²) in [6.07, 6.45) is 8.00. The molecule has 0 fully saturated rings. The molecule has 1 aliphatic carbocycles. The van der Waals surface area contributed by atoms with E-state index in [-0.39, 0.29) is 5.91 Å². The summed E-state index contributed by atoms with van der Waals surface area (Å²) in [6, 6.07) is 0.326. The van der Waals surface area contributed by atoms with Crippen LogP contribution in [0.4, 0.5) is 0 Å². The number of hydrogen-bond acceptors (Lipinski definition) is 1. The van der Waals surface area contributed by atoms with E-state index in [9.17, 15) is 4.79 Å². The van der Waals surface area contributed by atoms with Gasteiger partial charge in [0.15, 0.2) is 0 Å². The van der Waals surface area contributed by atoms with E-state index in [1.807, 2.05) is 19.9 Å². The van der Waals surface area contributed by atoms with E-state index in [0.717, 1.165) is 18.4 Å². The smallest absolute Gasteiger partial charge is 0.246 e. The Balaban J connectivity index is 2.36. The van der Waals surface area contributed by atoms with Crippen molar-refractivity contribution in [2.45, 2.75) is 32.7 Å². The molecule has 1 rings (SSSR count). The summed E-state index contributed by atoms with van der Waals surface area (Å²) in [7, 11) is 0. The van der Waals surface area contributed by atoms with Crippen LogP contribution in [-0.4, -0.2) is 11.9 Å². The molecule has 0 spiro atoms. The Hall–Kier alpha value is -1.05. The molecule has 0 bridgehead atoms. The van der Waals surface area contributed by atoms with Crippen molar-refractivity contribution in [2.24, 2.45) is 0 Å². The van der Waals surface area contributed by atoms with Crippen LogP contribution in [0.2, 0.25) is 0 Å². The first-order chi connectivity index (χ1) is 5.74. The van der Waals surface area contributed by atoms with Gasteiger partial charge >= 0.3 is 0 Å². The number of hydrogen-bond donors (Lipinski definition) is 1. The van der Waals surface area contributed by atoms with Crippen molar-refractivity contribution < 1.29 is 4.79 Å². The van der Waals surface area contributed by atoms with Crippen molar-refractivity contribution in [3.05, 3.63) is 23.8 Å². The molecule has 0 radical (unpaired) electrons. The minimum absolute atomic E-state index is 0.0613. The second kappa shape index (κ2) is 4.10. The second-order valence-electron chi connectivity index (χ2n) is 3.08. The van der Waals surface area contributed by atoms with E-state index >= 15 is 0 Å². The monoisotopic (exact) mass is 165 g/mol. The maximum Gasteiger partial charge on any atom is 0.246 e. The fourth-order valence-electron chi connectivity index (χ4n) is 1.17. The van der Waals surface area contributed by atoms with Crippen LogP contribution in [0.1, 0.15) is 26.7 Å². The van der Waals surface area contributed by atoms with Gasteiger partial charge in [-0.25, -0.2) is 0 Å². The Morgan fingerprint density at radius 3 is 2.58 bits per heavy atom. The average molecular weight is 165 g/mol. The summed E-state index contributed by atoms with van der Waals surface area (Å²) >= 11 is 0. The molecule has 0 aromatic rings. The maximum absolute atomic E-state index is 11.3. The standard InChI is InChI=1S/C10H15NO/c1-3-8(2)10(12)11-9-6-4-5-7-9/h3-5,9H,6-7H2,1-2H3,(H,11,12)/b8-3-. The van der Waals surface area contributed by atoms with E-state index in [1.54, 1.807) is 0 Å². The highest BCUT2D eigenvalue weighted by molar-refractivity contribution is 5.92. The zero-order chi connectivity index (χ0) is 8.97. The molecular formula is C10H15NO. The van der Waals surface area contributed by atoms with Gasteiger partial charge in [0.2, 0.25) is 5.91 Å². The van der Waals surface area contributed by atoms with Gasteiger partial charge in [-0.2, -0.15) is 0 Å². The topological polar surface area (TPSA) is 29.1 Å². The molecule has 12 heavy (non-hydrogen) atoms. The highest BCUT2D eigenvalue weighted by Crippen LogP contribution is 2.09. The van der Waals surface area contributed by atoms with Crippen molar-refractivity contribution in [1.29, 1.82) is 0 Å². The van der Waals surface area contributed by atoms with Crippen molar-refractivity contribution >= 4 is 5.91 Å². The predicted molar refractivity (Wildman–Crippen MR) is 49.7 cm³/mol. The normalized spacial score (nSPS) is 18.3. The van der Waals surface area contributed by atoms with Gasteiger partial charge < -0.3 is 5.32 Å². The molecule has 0 atom stereocenters. The van der Waals surface area contributed by atoms with Gasteiger partial charge in [0.25, 0.3) is 0 Å². The van der Waals surface area contributed by atoms with Gasteiger partial charge in [-0.15, -0.1) is 0 Å². The number of carbonyl (C=O) groups excluding carboxylic acids is 1. The molecule has 1 aliphatic rings. The minimum Gasteiger partial charge on any atom is -0.349 e. The molecule has 0 aliphatic heterocycles. The van der Waals surface area contributed by atoms with E-state index in [1.165, 1.54) is 0 Å². The van der Waals surface area contributed by atoms with Gasteiger partial charge in [0, 0.05) is 11.6 Å². The molecule has 1 N–H and O–H groups in total. The highest BCUT2D eigenvalue weighted by Gasteiger charge is 2.13. The van der Waals surface area contributed by atoms with Crippen molar-refractivity contribution in [2.75, 3.05) is 0 Å². The molecule has 2 heteroatoms. The molecule has 66 valence electrons. The van der Waals surface area contributed by atoms with Crippen molar-refractivity contribution in [1.82, 2.24) is 5.32 Å². The van der Waals surface area contributed by atoms with Crippen molar-refractivity contribution in [3.8, 4) is 0 Å². The van der Waals surface area contributed by atoms with E-state index in [4.69, 9.17) is 0 Å². The predicted octanol–water partition coefficient (Wildman–Crippen LogP) is 1.79. The zero-order valence-corrected chi connectivity index (χ0v) is 7.63. The molecule has 1 amide bonds. The summed E-state index contributed by atoms with van der Waals surface area (Å²) in [5.74, 6) is 0.0613. The van der Waals surface area contributed by atoms with Crippen LogP contribution in [0.3, 0.4) is 0 Å². The zero-order valence-electron chi connectivity index (χ0n) is 7.63. The third-order valence-corrected chi connectivity index (χ3v) is 2.13. The van der Waals surface area contributed by atoms with Gasteiger partial charge in [-0.1, -0.05) is 18.2 Å². The second-order valence-corrected chi connectivity index (χ2v) is 3.08. The quantitative estimate of drug-likeness (QED) is 0.490. The molecule has 0 saturated heterocycles. The third-order valence-electron chi connectivity index (χ3n) is 2.13. The Labute approximate surface area is 73.4 Å². The van der Waals surface area contributed by atoms with Gasteiger partial charge in [-0.3, -0.25) is 4.79 Å². The highest BCUT2D eigenvalue weighted by atomic mass is 16.1. The number of amides is 1. The number of allylic oxidation sites excluding steroid dienone is 1. The molecule has 0 aromatic heterocycles. The lowest BCUT2D eigenvalue weighted by Crippen LogP contribution is -2.33. The van der Waals surface area contributed by atoms with E-state index in [2.05, 4.69) is 17.5 Å². The van der Waals surface area contributed by atoms with Gasteiger partial charge in [0.1, 0.15) is 0 Å². The summed E-state index contributed by atoms with van der Waals surface area (Å²) in [5.41, 5.74) is 0.793. The largest absolute Gasteiger partial charge is 0.349 e. The number of rotatable bonds is 2. The lowest BCUT2D eigenvalue weighted by molar-refractivity contribution is -0.118.